The summed E-state index contributed by atoms with van der Waals surface area (Å²) in [5.41, 5.74) is 1.30. The first kappa shape index (κ1) is 18.2. The Morgan fingerprint density at radius 1 is 1.10 bits per heavy atom. The van der Waals surface area contributed by atoms with E-state index in [1.807, 2.05) is 0 Å². The second-order valence-corrected chi connectivity index (χ2v) is 7.57. The Morgan fingerprint density at radius 2 is 1.86 bits per heavy atom. The lowest BCUT2D eigenvalue weighted by molar-refractivity contribution is -0.165. The first-order valence-electron chi connectivity index (χ1n) is 9.46. The van der Waals surface area contributed by atoms with Crippen molar-refractivity contribution in [3.63, 3.8) is 0 Å². The van der Waals surface area contributed by atoms with E-state index in [1.165, 1.54) is 18.2 Å². The number of carbonyl (C=O) groups is 1. The molecule has 1 fully saturated rings. The summed E-state index contributed by atoms with van der Waals surface area (Å²) in [6.45, 7) is -0.351. The maximum atomic E-state index is 12.8. The molecule has 0 spiro atoms. The first-order chi connectivity index (χ1) is 14.0. The molecule has 2 unspecified atom stereocenters. The van der Waals surface area contributed by atoms with Gasteiger partial charge in [0.25, 0.3) is 0 Å². The van der Waals surface area contributed by atoms with Gasteiger partial charge in [-0.25, -0.2) is 0 Å². The third-order valence-corrected chi connectivity index (χ3v) is 5.74. The second-order valence-electron chi connectivity index (χ2n) is 7.57. The van der Waals surface area contributed by atoms with E-state index in [4.69, 9.17) is 14.2 Å². The predicted octanol–water partition coefficient (Wildman–Crippen LogP) is 1.75. The number of hydrogen-bond acceptors (Lipinski definition) is 8. The number of aliphatic hydroxyl groups is 2. The molecule has 0 bridgehead atoms. The van der Waals surface area contributed by atoms with Crippen LogP contribution in [0.1, 0.15) is 46.5 Å². The Labute approximate surface area is 165 Å². The van der Waals surface area contributed by atoms with Crippen LogP contribution in [0, 0.1) is 0 Å². The van der Waals surface area contributed by atoms with Crippen LogP contribution in [-0.2, 0) is 4.74 Å². The van der Waals surface area contributed by atoms with Crippen LogP contribution in [0.25, 0.3) is 0 Å². The lowest BCUT2D eigenvalue weighted by atomic mass is 9.90. The lowest BCUT2D eigenvalue weighted by Gasteiger charge is -2.35. The summed E-state index contributed by atoms with van der Waals surface area (Å²) in [7, 11) is 0. The maximum absolute atomic E-state index is 12.8. The van der Waals surface area contributed by atoms with Crippen LogP contribution in [0.15, 0.2) is 30.3 Å². The predicted molar refractivity (Wildman–Crippen MR) is 98.3 cm³/mol. The molecule has 4 N–H and O–H groups in total. The van der Waals surface area contributed by atoms with Gasteiger partial charge in [-0.15, -0.1) is 0 Å². The summed E-state index contributed by atoms with van der Waals surface area (Å²) in [6, 6.07) is 7.76. The molecular formula is C21H20O8. The molecule has 5 rings (SSSR count). The molecule has 2 aromatic carbocycles. The van der Waals surface area contributed by atoms with E-state index < -0.39 is 30.5 Å². The molecule has 0 aromatic heterocycles. The zero-order chi connectivity index (χ0) is 20.3. The highest BCUT2D eigenvalue weighted by Crippen LogP contribution is 2.54. The van der Waals surface area contributed by atoms with Crippen molar-refractivity contribution in [3.8, 4) is 23.0 Å². The molecule has 8 heteroatoms. The number of rotatable bonds is 2. The van der Waals surface area contributed by atoms with Gasteiger partial charge in [-0.3, -0.25) is 4.79 Å². The Bertz CT molecular complexity index is 970. The average molecular weight is 400 g/mol. The van der Waals surface area contributed by atoms with Gasteiger partial charge in [0.05, 0.1) is 24.7 Å². The molecule has 8 nitrogen and oxygen atoms in total. The van der Waals surface area contributed by atoms with Gasteiger partial charge in [0.1, 0.15) is 53.0 Å². The molecule has 0 amide bonds. The number of ketones is 1. The summed E-state index contributed by atoms with van der Waals surface area (Å²) in [5.74, 6) is 0.139. The van der Waals surface area contributed by atoms with E-state index in [0.717, 1.165) is 0 Å². The second kappa shape index (κ2) is 6.62. The van der Waals surface area contributed by atoms with Gasteiger partial charge in [0, 0.05) is 12.5 Å². The van der Waals surface area contributed by atoms with Crippen LogP contribution in [0.3, 0.4) is 0 Å². The third-order valence-electron chi connectivity index (χ3n) is 5.74. The monoisotopic (exact) mass is 400 g/mol. The van der Waals surface area contributed by atoms with Gasteiger partial charge >= 0.3 is 0 Å². The van der Waals surface area contributed by atoms with Gasteiger partial charge in [-0.1, -0.05) is 12.1 Å². The fraction of sp³-hybridized carbons (Fsp3) is 0.381. The fourth-order valence-electron chi connectivity index (χ4n) is 4.30. The minimum atomic E-state index is -0.882. The summed E-state index contributed by atoms with van der Waals surface area (Å²) in [6.07, 6.45) is -3.11. The van der Waals surface area contributed by atoms with E-state index >= 15 is 0 Å². The van der Waals surface area contributed by atoms with Gasteiger partial charge in [-0.2, -0.15) is 0 Å². The highest BCUT2D eigenvalue weighted by molar-refractivity contribution is 6.03. The number of Topliss-reactive ketones (excluding diaryl/α,β-unsaturated/α-hetero) is 1. The van der Waals surface area contributed by atoms with Crippen LogP contribution in [-0.4, -0.2) is 51.1 Å². The van der Waals surface area contributed by atoms with Crippen molar-refractivity contribution in [1.29, 1.82) is 0 Å². The number of aliphatic hydroxyl groups excluding tert-OH is 2. The van der Waals surface area contributed by atoms with Crippen molar-refractivity contribution in [2.24, 2.45) is 0 Å². The number of carbonyl (C=O) groups excluding carboxylic acids is 1. The first-order valence-corrected chi connectivity index (χ1v) is 9.46. The van der Waals surface area contributed by atoms with Crippen LogP contribution in [0.5, 0.6) is 23.0 Å². The molecule has 0 radical (unpaired) electrons. The molecule has 3 aliphatic heterocycles. The lowest BCUT2D eigenvalue weighted by Crippen LogP contribution is -2.44. The number of phenolic OH excluding ortho intramolecular Hbond substituents is 2. The Morgan fingerprint density at radius 3 is 2.59 bits per heavy atom. The quantitative estimate of drug-likeness (QED) is 0.601. The van der Waals surface area contributed by atoms with Crippen molar-refractivity contribution in [2.75, 3.05) is 6.61 Å². The molecule has 3 aliphatic rings. The van der Waals surface area contributed by atoms with Crippen LogP contribution in [0.2, 0.25) is 0 Å². The van der Waals surface area contributed by atoms with Gasteiger partial charge in [0.2, 0.25) is 0 Å². The van der Waals surface area contributed by atoms with E-state index in [2.05, 4.69) is 0 Å². The maximum Gasteiger partial charge on any atom is 0.174 e. The van der Waals surface area contributed by atoms with Gasteiger partial charge in [0.15, 0.2) is 5.78 Å². The summed E-state index contributed by atoms with van der Waals surface area (Å²) >= 11 is 0. The van der Waals surface area contributed by atoms with E-state index in [0.29, 0.717) is 16.9 Å². The molecular weight excluding hydrogens is 380 g/mol. The molecule has 3 heterocycles. The molecule has 0 saturated carbocycles. The minimum absolute atomic E-state index is 0.0396. The molecule has 5 atom stereocenters. The number of ether oxygens (including phenoxy) is 3. The standard InChI is InChI=1S/C21H20O8/c22-8-17-11(24)5-16-20(29-17)19-15(27-16)7-13(26)18-12(25)6-14(28-21(18)19)9-1-3-10(23)4-2-9/h1-4,7,11,14,16-17,20,22-24,26H,5-6,8H2/t11-,14?,16-,17+,20?/m0/s1. The highest BCUT2D eigenvalue weighted by Gasteiger charge is 2.48. The van der Waals surface area contributed by atoms with Gasteiger partial charge < -0.3 is 34.6 Å². The molecule has 2 aromatic rings. The Hall–Kier alpha value is -2.81. The summed E-state index contributed by atoms with van der Waals surface area (Å²) in [5, 5.41) is 39.6. The summed E-state index contributed by atoms with van der Waals surface area (Å²) in [4.78, 5) is 12.8. The number of fused-ring (bicyclic) bond motifs is 5. The minimum Gasteiger partial charge on any atom is -0.508 e. The summed E-state index contributed by atoms with van der Waals surface area (Å²) < 4.78 is 17.9. The van der Waals surface area contributed by atoms with Crippen molar-refractivity contribution in [1.82, 2.24) is 0 Å². The third kappa shape index (κ3) is 2.83. The van der Waals surface area contributed by atoms with Crippen LogP contribution in [0.4, 0.5) is 0 Å². The largest absolute Gasteiger partial charge is 0.508 e. The highest BCUT2D eigenvalue weighted by atomic mass is 16.6. The zero-order valence-corrected chi connectivity index (χ0v) is 15.3. The smallest absolute Gasteiger partial charge is 0.174 e. The topological polar surface area (TPSA) is 126 Å². The van der Waals surface area contributed by atoms with Crippen molar-refractivity contribution in [2.45, 2.75) is 43.4 Å². The van der Waals surface area contributed by atoms with E-state index in [1.54, 1.807) is 12.1 Å². The van der Waals surface area contributed by atoms with E-state index in [9.17, 15) is 25.2 Å². The zero-order valence-electron chi connectivity index (χ0n) is 15.3. The number of benzene rings is 2. The number of phenols is 2. The van der Waals surface area contributed by atoms with Crippen LogP contribution < -0.4 is 9.47 Å². The normalized spacial score (nSPS) is 30.0. The van der Waals surface area contributed by atoms with Crippen LogP contribution >= 0.6 is 0 Å². The van der Waals surface area contributed by atoms with Crippen molar-refractivity contribution < 1.29 is 39.4 Å². The fourth-order valence-corrected chi connectivity index (χ4v) is 4.30. The Kier molecular flexibility index (Phi) is 4.16. The molecule has 152 valence electrons. The van der Waals surface area contributed by atoms with Crippen molar-refractivity contribution in [3.05, 3.63) is 47.0 Å². The number of hydrogen-bond donors (Lipinski definition) is 4. The van der Waals surface area contributed by atoms with Gasteiger partial charge in [-0.05, 0) is 17.7 Å². The van der Waals surface area contributed by atoms with E-state index in [-0.39, 0.29) is 48.0 Å². The SMILES string of the molecule is O=C1CC(c2ccc(O)cc2)Oc2c1c(O)cc1c2C2O[C@H](CO)[C@@H](O)C[C@@H]2O1. The molecule has 29 heavy (non-hydrogen) atoms. The average Bonchev–Trinajstić information content (AvgIpc) is 3.04. The van der Waals surface area contributed by atoms with Crippen molar-refractivity contribution >= 4 is 5.78 Å². The number of aromatic hydroxyl groups is 2. The molecule has 0 aliphatic carbocycles. The Balaban J connectivity index is 1.58. The molecule has 1 saturated heterocycles.